The summed E-state index contributed by atoms with van der Waals surface area (Å²) in [6.07, 6.45) is 3.88. The van der Waals surface area contributed by atoms with Crippen LogP contribution in [0.5, 0.6) is 0 Å². The van der Waals surface area contributed by atoms with E-state index in [1.54, 1.807) is 0 Å². The van der Waals surface area contributed by atoms with Crippen LogP contribution in [0.25, 0.3) is 27.3 Å². The van der Waals surface area contributed by atoms with Crippen LogP contribution in [0, 0.1) is 13.5 Å². The van der Waals surface area contributed by atoms with E-state index in [0.717, 1.165) is 11.0 Å². The van der Waals surface area contributed by atoms with Gasteiger partial charge in [0.2, 0.25) is 0 Å². The first-order valence-electron chi connectivity index (χ1n) is 7.25. The molecule has 0 spiro atoms. The third kappa shape index (κ3) is 3.37. The Balaban J connectivity index is 0.000000960. The average molecular weight is 570 g/mol. The van der Waals surface area contributed by atoms with Crippen molar-refractivity contribution in [2.75, 3.05) is 0 Å². The van der Waals surface area contributed by atoms with Gasteiger partial charge in [-0.25, -0.2) is 0 Å². The molecule has 4 rings (SSSR count). The van der Waals surface area contributed by atoms with E-state index in [-0.39, 0.29) is 65.7 Å². The van der Waals surface area contributed by atoms with Gasteiger partial charge in [-0.05, 0) is 22.4 Å². The van der Waals surface area contributed by atoms with Crippen LogP contribution in [-0.4, -0.2) is 9.38 Å². The number of aromatic nitrogens is 2. The fraction of sp³-hybridized carbons (Fsp3) is 0.200. The van der Waals surface area contributed by atoms with E-state index in [1.807, 2.05) is 24.5 Å². The van der Waals surface area contributed by atoms with Gasteiger partial charge in [0.25, 0.3) is 0 Å². The second-order valence-corrected chi connectivity index (χ2v) is 6.56. The summed E-state index contributed by atoms with van der Waals surface area (Å²) in [5.74, 6) is 0. The van der Waals surface area contributed by atoms with Crippen molar-refractivity contribution in [3.8, 4) is 0 Å². The summed E-state index contributed by atoms with van der Waals surface area (Å²) in [6.45, 7) is 6.74. The topological polar surface area (TPSA) is 17.3 Å². The molecule has 2 radical (unpaired) electrons. The van der Waals surface area contributed by atoms with Crippen LogP contribution in [0.1, 0.15) is 26.3 Å². The SMILES string of the molecule is CC(C)(C)c1ccc2c(c1)c1ccc[c-]c1c1nccn21.[CH3-].[Ir].[Y]. The van der Waals surface area contributed by atoms with Crippen molar-refractivity contribution in [1.82, 2.24) is 9.38 Å². The number of fused-ring (bicyclic) bond motifs is 6. The van der Waals surface area contributed by atoms with Crippen LogP contribution in [0.4, 0.5) is 0 Å². The van der Waals surface area contributed by atoms with Gasteiger partial charge in [0.15, 0.2) is 0 Å². The number of nitrogens with zero attached hydrogens (tertiary/aromatic N) is 2. The summed E-state index contributed by atoms with van der Waals surface area (Å²) in [6, 6.07) is 16.2. The predicted octanol–water partition coefficient (Wildman–Crippen LogP) is 5.18. The Morgan fingerprint density at radius 3 is 2.54 bits per heavy atom. The summed E-state index contributed by atoms with van der Waals surface area (Å²) >= 11 is 0. The van der Waals surface area contributed by atoms with Gasteiger partial charge in [0.05, 0.1) is 5.65 Å². The number of benzene rings is 2. The molecule has 0 unspecified atom stereocenters. The van der Waals surface area contributed by atoms with E-state index in [0.29, 0.717) is 0 Å². The van der Waals surface area contributed by atoms with Crippen molar-refractivity contribution in [3.63, 3.8) is 0 Å². The quantitative estimate of drug-likeness (QED) is 0.211. The van der Waals surface area contributed by atoms with Crippen molar-refractivity contribution in [1.29, 1.82) is 0 Å². The molecular weight excluding hydrogens is 549 g/mol. The Bertz CT molecular complexity index is 983. The minimum absolute atomic E-state index is 0. The molecule has 4 heteroatoms. The molecule has 0 N–H and O–H groups in total. The molecular formula is C20H20IrN2Y-2. The third-order valence-electron chi connectivity index (χ3n) is 4.13. The Kier molecular flexibility index (Phi) is 6.92. The fourth-order valence-corrected chi connectivity index (χ4v) is 2.96. The van der Waals surface area contributed by atoms with Gasteiger partial charge in [-0.3, -0.25) is 4.98 Å². The van der Waals surface area contributed by atoms with Gasteiger partial charge >= 0.3 is 0 Å². The predicted molar refractivity (Wildman–Crippen MR) is 94.2 cm³/mol. The van der Waals surface area contributed by atoms with Gasteiger partial charge < -0.3 is 11.8 Å². The standard InChI is InChI=1S/C19H17N2.CH3.Ir.Y/c1-19(2,3)13-8-9-17-16(12-13)14-6-4-5-7-15(14)18-20-10-11-21(17)18;;;/h4-6,8-12H,1-3H3;1H3;;/q2*-1;;. The van der Waals surface area contributed by atoms with E-state index >= 15 is 0 Å². The van der Waals surface area contributed by atoms with Crippen LogP contribution in [-0.2, 0) is 58.2 Å². The zero-order valence-corrected chi connectivity index (χ0v) is 19.7. The summed E-state index contributed by atoms with van der Waals surface area (Å²) < 4.78 is 2.15. The Hall–Kier alpha value is -0.597. The number of pyridine rings is 1. The normalized spacial score (nSPS) is 11.0. The molecule has 0 amide bonds. The average Bonchev–Trinajstić information content (AvgIpc) is 2.96. The second-order valence-electron chi connectivity index (χ2n) is 6.56. The molecule has 24 heavy (non-hydrogen) atoms. The number of rotatable bonds is 0. The van der Waals surface area contributed by atoms with Crippen LogP contribution < -0.4 is 0 Å². The van der Waals surface area contributed by atoms with E-state index in [4.69, 9.17) is 0 Å². The first kappa shape index (κ1) is 21.4. The first-order chi connectivity index (χ1) is 10.1. The Morgan fingerprint density at radius 1 is 1.08 bits per heavy atom. The van der Waals surface area contributed by atoms with Gasteiger partial charge in [0.1, 0.15) is 0 Å². The zero-order valence-electron chi connectivity index (χ0n) is 14.4. The molecule has 0 fully saturated rings. The summed E-state index contributed by atoms with van der Waals surface area (Å²) in [5, 5.41) is 3.57. The number of hydrogen-bond acceptors (Lipinski definition) is 1. The largest absolute Gasteiger partial charge is 0.358 e. The Labute approximate surface area is 182 Å². The van der Waals surface area contributed by atoms with Crippen molar-refractivity contribution >= 4 is 27.3 Å². The van der Waals surface area contributed by atoms with Crippen LogP contribution in [0.15, 0.2) is 48.8 Å². The molecule has 0 aliphatic heterocycles. The zero-order chi connectivity index (χ0) is 14.6. The molecule has 2 aromatic heterocycles. The van der Waals surface area contributed by atoms with Gasteiger partial charge in [-0.1, -0.05) is 38.3 Å². The maximum atomic E-state index is 4.50. The van der Waals surface area contributed by atoms with Crippen molar-refractivity contribution in [2.45, 2.75) is 26.2 Å². The Morgan fingerprint density at radius 2 is 1.83 bits per heavy atom. The summed E-state index contributed by atoms with van der Waals surface area (Å²) in [5.41, 5.74) is 3.66. The molecule has 0 saturated heterocycles. The maximum absolute atomic E-state index is 4.50. The van der Waals surface area contributed by atoms with E-state index in [2.05, 4.69) is 60.5 Å². The smallest absolute Gasteiger partial charge is 0.0608 e. The van der Waals surface area contributed by atoms with Crippen molar-refractivity contribution in [3.05, 3.63) is 67.8 Å². The van der Waals surface area contributed by atoms with Crippen molar-refractivity contribution < 1.29 is 52.8 Å². The molecule has 0 atom stereocenters. The molecule has 0 saturated carbocycles. The van der Waals surface area contributed by atoms with Gasteiger partial charge in [0, 0.05) is 70.7 Å². The summed E-state index contributed by atoms with van der Waals surface area (Å²) in [7, 11) is 0. The van der Waals surface area contributed by atoms with Gasteiger partial charge in [-0.15, -0.1) is 29.7 Å². The van der Waals surface area contributed by atoms with Crippen LogP contribution in [0.3, 0.4) is 0 Å². The minimum atomic E-state index is 0. The first-order valence-corrected chi connectivity index (χ1v) is 7.25. The van der Waals surface area contributed by atoms with Crippen LogP contribution in [0.2, 0.25) is 0 Å². The molecule has 124 valence electrons. The van der Waals surface area contributed by atoms with E-state index < -0.39 is 0 Å². The number of hydrogen-bond donors (Lipinski definition) is 0. The van der Waals surface area contributed by atoms with E-state index in [1.165, 1.54) is 21.9 Å². The molecule has 2 heterocycles. The van der Waals surface area contributed by atoms with Gasteiger partial charge in [-0.2, -0.15) is 0 Å². The number of imidazole rings is 1. The monoisotopic (exact) mass is 570 g/mol. The summed E-state index contributed by atoms with van der Waals surface area (Å²) in [4.78, 5) is 4.50. The van der Waals surface area contributed by atoms with Crippen molar-refractivity contribution in [2.24, 2.45) is 0 Å². The molecule has 4 aromatic rings. The molecule has 2 nitrogen and oxygen atoms in total. The third-order valence-corrected chi connectivity index (χ3v) is 4.13. The van der Waals surface area contributed by atoms with Crippen LogP contribution >= 0.6 is 0 Å². The molecule has 0 bridgehead atoms. The molecule has 2 aromatic carbocycles. The molecule has 0 aliphatic carbocycles. The fourth-order valence-electron chi connectivity index (χ4n) is 2.96. The maximum Gasteiger partial charge on any atom is 0.0608 e. The molecule has 0 aliphatic rings. The van der Waals surface area contributed by atoms with E-state index in [9.17, 15) is 0 Å². The second kappa shape index (κ2) is 7.74. The minimum Gasteiger partial charge on any atom is -0.358 e.